The minimum absolute atomic E-state index is 0.0124. The van der Waals surface area contributed by atoms with Crippen LogP contribution in [-0.4, -0.2) is 43.9 Å². The number of morpholine rings is 1. The molecule has 0 atom stereocenters. The van der Waals surface area contributed by atoms with Gasteiger partial charge < -0.3 is 19.5 Å². The fraction of sp³-hybridized carbons (Fsp3) is 0.333. The fourth-order valence-electron chi connectivity index (χ4n) is 1.81. The van der Waals surface area contributed by atoms with Gasteiger partial charge in [-0.3, -0.25) is 4.79 Å². The van der Waals surface area contributed by atoms with E-state index in [2.05, 4.69) is 4.74 Å². The Bertz CT molecular complexity index is 485. The maximum atomic E-state index is 11.7. The summed E-state index contributed by atoms with van der Waals surface area (Å²) in [6.07, 6.45) is 0. The lowest BCUT2D eigenvalue weighted by Gasteiger charge is -2.28. The Morgan fingerprint density at radius 1 is 1.50 bits per heavy atom. The first-order chi connectivity index (χ1) is 8.63. The van der Waals surface area contributed by atoms with Gasteiger partial charge >= 0.3 is 5.97 Å². The second kappa shape index (κ2) is 5.05. The lowest BCUT2D eigenvalue weighted by Crippen LogP contribution is -2.42. The number of amides is 1. The molecule has 18 heavy (non-hydrogen) atoms. The number of ether oxygens (including phenoxy) is 2. The summed E-state index contributed by atoms with van der Waals surface area (Å²) >= 11 is 0. The lowest BCUT2D eigenvalue weighted by molar-refractivity contribution is -0.125. The third-order valence-electron chi connectivity index (χ3n) is 2.66. The number of methoxy groups -OCH3 is 1. The molecule has 96 valence electrons. The first-order valence-corrected chi connectivity index (χ1v) is 5.43. The van der Waals surface area contributed by atoms with Gasteiger partial charge in [0.1, 0.15) is 12.4 Å². The fourth-order valence-corrected chi connectivity index (χ4v) is 1.81. The minimum Gasteiger partial charge on any atom is -0.508 e. The topological polar surface area (TPSA) is 76.1 Å². The maximum Gasteiger partial charge on any atom is 0.340 e. The van der Waals surface area contributed by atoms with Crippen LogP contribution >= 0.6 is 0 Å². The second-order valence-electron chi connectivity index (χ2n) is 3.79. The van der Waals surface area contributed by atoms with Crippen LogP contribution in [0.25, 0.3) is 0 Å². The van der Waals surface area contributed by atoms with Crippen molar-refractivity contribution in [1.82, 2.24) is 0 Å². The van der Waals surface area contributed by atoms with Crippen molar-refractivity contribution in [1.29, 1.82) is 0 Å². The van der Waals surface area contributed by atoms with E-state index in [1.54, 1.807) is 0 Å². The number of anilines is 1. The van der Waals surface area contributed by atoms with E-state index in [1.165, 1.54) is 30.2 Å². The molecule has 1 aliphatic heterocycles. The molecule has 1 heterocycles. The Kier molecular flexibility index (Phi) is 3.47. The molecule has 0 radical (unpaired) electrons. The highest BCUT2D eigenvalue weighted by Gasteiger charge is 2.25. The van der Waals surface area contributed by atoms with Crippen LogP contribution in [0.15, 0.2) is 18.2 Å². The number of hydrogen-bond acceptors (Lipinski definition) is 5. The van der Waals surface area contributed by atoms with Gasteiger partial charge in [-0.15, -0.1) is 0 Å². The van der Waals surface area contributed by atoms with Crippen LogP contribution in [0, 0.1) is 0 Å². The average molecular weight is 251 g/mol. The van der Waals surface area contributed by atoms with Crippen molar-refractivity contribution in [3.8, 4) is 5.75 Å². The van der Waals surface area contributed by atoms with Crippen molar-refractivity contribution in [3.05, 3.63) is 23.8 Å². The molecule has 0 aromatic heterocycles. The molecule has 0 unspecified atom stereocenters. The van der Waals surface area contributed by atoms with E-state index in [0.29, 0.717) is 18.8 Å². The molecule has 1 aromatic carbocycles. The van der Waals surface area contributed by atoms with Crippen LogP contribution in [0.3, 0.4) is 0 Å². The molecule has 0 aliphatic carbocycles. The molecule has 1 aromatic rings. The number of nitrogens with zero attached hydrogens (tertiary/aromatic N) is 1. The molecule has 1 fully saturated rings. The summed E-state index contributed by atoms with van der Waals surface area (Å²) < 4.78 is 9.67. The van der Waals surface area contributed by atoms with Gasteiger partial charge in [0.25, 0.3) is 5.91 Å². The van der Waals surface area contributed by atoms with E-state index < -0.39 is 5.97 Å². The minimum atomic E-state index is -0.597. The molecule has 6 heteroatoms. The zero-order valence-electron chi connectivity index (χ0n) is 9.88. The van der Waals surface area contributed by atoms with Crippen molar-refractivity contribution in [2.75, 3.05) is 31.8 Å². The number of carbonyl (C=O) groups excluding carboxylic acids is 2. The molecule has 0 spiro atoms. The van der Waals surface area contributed by atoms with E-state index in [4.69, 9.17) is 4.74 Å². The zero-order chi connectivity index (χ0) is 13.1. The molecule has 0 bridgehead atoms. The molecule has 0 saturated carbocycles. The quantitative estimate of drug-likeness (QED) is 0.776. The summed E-state index contributed by atoms with van der Waals surface area (Å²) in [7, 11) is 1.25. The Balaban J connectivity index is 2.42. The standard InChI is InChI=1S/C12H13NO5/c1-17-12(16)9-6-8(14)2-3-10(9)13-4-5-18-7-11(13)15/h2-3,6,14H,4-5,7H2,1H3. The van der Waals surface area contributed by atoms with Gasteiger partial charge in [0.2, 0.25) is 0 Å². The van der Waals surface area contributed by atoms with Gasteiger partial charge in [-0.05, 0) is 18.2 Å². The average Bonchev–Trinajstić information content (AvgIpc) is 2.39. The highest BCUT2D eigenvalue weighted by molar-refractivity contribution is 6.03. The van der Waals surface area contributed by atoms with Gasteiger partial charge in [0.05, 0.1) is 25.0 Å². The maximum absolute atomic E-state index is 11.7. The summed E-state index contributed by atoms with van der Waals surface area (Å²) in [5, 5.41) is 9.41. The summed E-state index contributed by atoms with van der Waals surface area (Å²) in [6.45, 7) is 0.766. The van der Waals surface area contributed by atoms with Gasteiger partial charge in [0.15, 0.2) is 0 Å². The number of carbonyl (C=O) groups is 2. The van der Waals surface area contributed by atoms with Crippen molar-refractivity contribution in [2.24, 2.45) is 0 Å². The first-order valence-electron chi connectivity index (χ1n) is 5.43. The molecule has 2 rings (SSSR count). The van der Waals surface area contributed by atoms with Gasteiger partial charge in [0, 0.05) is 6.54 Å². The van der Waals surface area contributed by atoms with Crippen LogP contribution in [0.1, 0.15) is 10.4 Å². The Hall–Kier alpha value is -2.08. The third-order valence-corrected chi connectivity index (χ3v) is 2.66. The van der Waals surface area contributed by atoms with Gasteiger partial charge in [-0.2, -0.15) is 0 Å². The van der Waals surface area contributed by atoms with Crippen molar-refractivity contribution >= 4 is 17.6 Å². The van der Waals surface area contributed by atoms with E-state index in [1.807, 2.05) is 0 Å². The Morgan fingerprint density at radius 2 is 2.28 bits per heavy atom. The van der Waals surface area contributed by atoms with Gasteiger partial charge in [-0.1, -0.05) is 0 Å². The molecule has 1 amide bonds. The number of aromatic hydroxyl groups is 1. The van der Waals surface area contributed by atoms with E-state index in [0.717, 1.165) is 0 Å². The summed E-state index contributed by atoms with van der Waals surface area (Å²) in [5.41, 5.74) is 0.584. The SMILES string of the molecule is COC(=O)c1cc(O)ccc1N1CCOCC1=O. The summed E-state index contributed by atoms with van der Waals surface area (Å²) in [6, 6.07) is 4.22. The predicted molar refractivity (Wildman–Crippen MR) is 62.6 cm³/mol. The number of benzene rings is 1. The number of esters is 1. The largest absolute Gasteiger partial charge is 0.508 e. The molecular weight excluding hydrogens is 238 g/mol. The van der Waals surface area contributed by atoms with Crippen molar-refractivity contribution in [3.63, 3.8) is 0 Å². The normalized spacial score (nSPS) is 15.6. The van der Waals surface area contributed by atoms with Gasteiger partial charge in [-0.25, -0.2) is 4.79 Å². The van der Waals surface area contributed by atoms with Crippen molar-refractivity contribution < 1.29 is 24.2 Å². The summed E-state index contributed by atoms with van der Waals surface area (Å²) in [4.78, 5) is 24.8. The Labute approximate surface area is 104 Å². The highest BCUT2D eigenvalue weighted by Crippen LogP contribution is 2.26. The molecule has 1 aliphatic rings. The third kappa shape index (κ3) is 2.28. The highest BCUT2D eigenvalue weighted by atomic mass is 16.5. The zero-order valence-corrected chi connectivity index (χ0v) is 9.88. The number of rotatable bonds is 2. The van der Waals surface area contributed by atoms with Crippen molar-refractivity contribution in [2.45, 2.75) is 0 Å². The molecule has 1 N–H and O–H groups in total. The van der Waals surface area contributed by atoms with E-state index in [9.17, 15) is 14.7 Å². The van der Waals surface area contributed by atoms with E-state index >= 15 is 0 Å². The molecule has 6 nitrogen and oxygen atoms in total. The number of phenols is 1. The van der Waals surface area contributed by atoms with Crippen LogP contribution in [0.5, 0.6) is 5.75 Å². The Morgan fingerprint density at radius 3 is 2.94 bits per heavy atom. The summed E-state index contributed by atoms with van der Waals surface area (Å²) in [5.74, 6) is -0.878. The number of hydrogen-bond donors (Lipinski definition) is 1. The van der Waals surface area contributed by atoms with E-state index in [-0.39, 0.29) is 23.8 Å². The monoisotopic (exact) mass is 251 g/mol. The molecule has 1 saturated heterocycles. The molecular formula is C12H13NO5. The lowest BCUT2D eigenvalue weighted by atomic mass is 10.1. The predicted octanol–water partition coefficient (Wildman–Crippen LogP) is 0.542. The first kappa shape index (κ1) is 12.4. The van der Waals surface area contributed by atoms with Crippen LogP contribution in [0.4, 0.5) is 5.69 Å². The second-order valence-corrected chi connectivity index (χ2v) is 3.79. The van der Waals surface area contributed by atoms with Crippen LogP contribution < -0.4 is 4.90 Å². The van der Waals surface area contributed by atoms with Crippen LogP contribution in [0.2, 0.25) is 0 Å². The smallest absolute Gasteiger partial charge is 0.340 e. The number of phenolic OH excluding ortho intramolecular Hbond substituents is 1. The van der Waals surface area contributed by atoms with Crippen LogP contribution in [-0.2, 0) is 14.3 Å².